The molecule has 0 atom stereocenters. The zero-order valence-corrected chi connectivity index (χ0v) is 17.1. The van der Waals surface area contributed by atoms with Crippen molar-refractivity contribution >= 4 is 34.6 Å². The number of benzene rings is 2. The fourth-order valence-electron chi connectivity index (χ4n) is 2.82. The Labute approximate surface area is 178 Å². The third-order valence-corrected chi connectivity index (χ3v) is 5.05. The predicted octanol–water partition coefficient (Wildman–Crippen LogP) is 5.20. The van der Waals surface area contributed by atoms with E-state index in [0.717, 1.165) is 33.5 Å². The second kappa shape index (κ2) is 9.28. The minimum absolute atomic E-state index is 0.160. The van der Waals surface area contributed by atoms with E-state index < -0.39 is 0 Å². The fraction of sp³-hybridized carbons (Fsp3) is 0.0870. The van der Waals surface area contributed by atoms with E-state index in [2.05, 4.69) is 15.3 Å². The number of hydrogen-bond acceptors (Lipinski definition) is 6. The first-order valence-electron chi connectivity index (χ1n) is 9.25. The maximum atomic E-state index is 12.0. The summed E-state index contributed by atoms with van der Waals surface area (Å²) in [6.45, 7) is 0.436. The number of rotatable bonds is 6. The summed E-state index contributed by atoms with van der Waals surface area (Å²) in [7, 11) is 1.61. The van der Waals surface area contributed by atoms with Crippen molar-refractivity contribution < 1.29 is 14.3 Å². The Bertz CT molecular complexity index is 1110. The molecule has 2 aromatic carbocycles. The van der Waals surface area contributed by atoms with Crippen LogP contribution in [0.1, 0.15) is 11.1 Å². The Balaban J connectivity index is 1.55. The fourth-order valence-corrected chi connectivity index (χ4v) is 3.55. The summed E-state index contributed by atoms with van der Waals surface area (Å²) >= 11 is 1.11. The van der Waals surface area contributed by atoms with Gasteiger partial charge < -0.3 is 14.8 Å². The molecule has 2 heterocycles. The normalized spacial score (nSPS) is 16.0. The van der Waals surface area contributed by atoms with E-state index in [1.54, 1.807) is 19.5 Å². The molecule has 1 amide bonds. The van der Waals surface area contributed by atoms with Crippen molar-refractivity contribution in [2.24, 2.45) is 4.99 Å². The van der Waals surface area contributed by atoms with Gasteiger partial charge in [0.05, 0.1) is 17.7 Å². The summed E-state index contributed by atoms with van der Waals surface area (Å²) in [6.07, 6.45) is 5.42. The molecule has 0 radical (unpaired) electrons. The minimum atomic E-state index is -0.160. The van der Waals surface area contributed by atoms with Crippen LogP contribution in [0.25, 0.3) is 6.08 Å². The standard InChI is InChI=1S/C23H19N3O3S/c1-28-19-8-3-7-18(13-19)25-22-21(30-23(27)26-22)12-16-5-2-9-20(11-16)29-15-17-6-4-10-24-14-17/h2-14H,15H2,1H3,(H,25,26,27)/b21-12-. The van der Waals surface area contributed by atoms with Gasteiger partial charge in [0.1, 0.15) is 23.9 Å². The molecule has 1 fully saturated rings. The van der Waals surface area contributed by atoms with Crippen LogP contribution >= 0.6 is 11.8 Å². The van der Waals surface area contributed by atoms with Crippen molar-refractivity contribution in [3.8, 4) is 11.5 Å². The molecule has 0 unspecified atom stereocenters. The molecule has 6 nitrogen and oxygen atoms in total. The molecule has 0 saturated carbocycles. The molecule has 1 aliphatic heterocycles. The number of thioether (sulfide) groups is 1. The van der Waals surface area contributed by atoms with E-state index in [-0.39, 0.29) is 5.24 Å². The van der Waals surface area contributed by atoms with Crippen molar-refractivity contribution in [3.05, 3.63) is 89.1 Å². The molecule has 3 aromatic rings. The smallest absolute Gasteiger partial charge is 0.289 e. The number of nitrogens with one attached hydrogen (secondary N) is 1. The highest BCUT2D eigenvalue weighted by Crippen LogP contribution is 2.30. The first kappa shape index (κ1) is 19.7. The summed E-state index contributed by atoms with van der Waals surface area (Å²) in [5, 5.41) is 2.64. The third-order valence-electron chi connectivity index (χ3n) is 4.23. The van der Waals surface area contributed by atoms with Gasteiger partial charge in [-0.15, -0.1) is 0 Å². The van der Waals surface area contributed by atoms with Gasteiger partial charge in [-0.2, -0.15) is 0 Å². The average Bonchev–Trinajstić information content (AvgIpc) is 3.11. The Morgan fingerprint density at radius 3 is 2.80 bits per heavy atom. The molecule has 1 aromatic heterocycles. The lowest BCUT2D eigenvalue weighted by atomic mass is 10.2. The Morgan fingerprint density at radius 2 is 1.97 bits per heavy atom. The first-order chi connectivity index (χ1) is 14.7. The monoisotopic (exact) mass is 417 g/mol. The zero-order valence-electron chi connectivity index (χ0n) is 16.2. The number of carbonyl (C=O) groups is 1. The van der Waals surface area contributed by atoms with Crippen LogP contribution in [0.5, 0.6) is 11.5 Å². The maximum Gasteiger partial charge on any atom is 0.289 e. The quantitative estimate of drug-likeness (QED) is 0.597. The number of aromatic nitrogens is 1. The molecule has 1 N–H and O–H groups in total. The lowest BCUT2D eigenvalue weighted by Crippen LogP contribution is -2.18. The molecule has 4 rings (SSSR count). The van der Waals surface area contributed by atoms with Gasteiger partial charge in [0.2, 0.25) is 0 Å². The largest absolute Gasteiger partial charge is 0.497 e. The predicted molar refractivity (Wildman–Crippen MR) is 119 cm³/mol. The van der Waals surface area contributed by atoms with Crippen LogP contribution in [-0.4, -0.2) is 23.2 Å². The molecule has 0 aliphatic carbocycles. The lowest BCUT2D eigenvalue weighted by Gasteiger charge is -2.07. The number of methoxy groups -OCH3 is 1. The summed E-state index contributed by atoms with van der Waals surface area (Å²) in [6, 6.07) is 18.9. The number of hydrogen-bond donors (Lipinski definition) is 1. The first-order valence-corrected chi connectivity index (χ1v) is 10.1. The van der Waals surface area contributed by atoms with Crippen molar-refractivity contribution in [1.29, 1.82) is 0 Å². The summed E-state index contributed by atoms with van der Waals surface area (Å²) in [4.78, 5) is 21.4. The number of ether oxygens (including phenoxy) is 2. The molecule has 7 heteroatoms. The van der Waals surface area contributed by atoms with E-state index in [9.17, 15) is 4.79 Å². The van der Waals surface area contributed by atoms with E-state index in [4.69, 9.17) is 9.47 Å². The molecule has 150 valence electrons. The topological polar surface area (TPSA) is 72.8 Å². The highest BCUT2D eigenvalue weighted by atomic mass is 32.2. The molecule has 0 spiro atoms. The van der Waals surface area contributed by atoms with Gasteiger partial charge in [0, 0.05) is 24.0 Å². The average molecular weight is 417 g/mol. The molecule has 30 heavy (non-hydrogen) atoms. The second-order valence-electron chi connectivity index (χ2n) is 6.41. The van der Waals surface area contributed by atoms with E-state index in [0.29, 0.717) is 23.9 Å². The summed E-state index contributed by atoms with van der Waals surface area (Å²) < 4.78 is 11.1. The molecule has 1 aliphatic rings. The minimum Gasteiger partial charge on any atom is -0.497 e. The van der Waals surface area contributed by atoms with Gasteiger partial charge in [-0.1, -0.05) is 24.3 Å². The van der Waals surface area contributed by atoms with Gasteiger partial charge in [-0.25, -0.2) is 4.99 Å². The highest BCUT2D eigenvalue weighted by Gasteiger charge is 2.23. The van der Waals surface area contributed by atoms with E-state index >= 15 is 0 Å². The van der Waals surface area contributed by atoms with Crippen LogP contribution in [0.15, 0.2) is 83.0 Å². The maximum absolute atomic E-state index is 12.0. The Hall–Kier alpha value is -3.58. The van der Waals surface area contributed by atoms with Gasteiger partial charge in [0.25, 0.3) is 5.24 Å². The number of carbonyl (C=O) groups excluding carboxylic acids is 1. The van der Waals surface area contributed by atoms with Crippen molar-refractivity contribution in [3.63, 3.8) is 0 Å². The van der Waals surface area contributed by atoms with Crippen LogP contribution < -0.4 is 14.8 Å². The van der Waals surface area contributed by atoms with E-state index in [1.165, 1.54) is 0 Å². The second-order valence-corrected chi connectivity index (χ2v) is 7.42. The molecule has 1 saturated heterocycles. The Morgan fingerprint density at radius 1 is 1.10 bits per heavy atom. The summed E-state index contributed by atoms with van der Waals surface area (Å²) in [5.41, 5.74) is 2.61. The number of nitrogens with zero attached hydrogens (tertiary/aromatic N) is 2. The van der Waals surface area contributed by atoms with Gasteiger partial charge >= 0.3 is 0 Å². The van der Waals surface area contributed by atoms with Crippen molar-refractivity contribution in [2.75, 3.05) is 7.11 Å². The highest BCUT2D eigenvalue weighted by molar-refractivity contribution is 8.18. The van der Waals surface area contributed by atoms with Crippen LogP contribution in [0.2, 0.25) is 0 Å². The van der Waals surface area contributed by atoms with E-state index in [1.807, 2.05) is 66.7 Å². The molecule has 0 bridgehead atoms. The number of pyridine rings is 1. The number of aliphatic imine (C=N–C) groups is 1. The molecular weight excluding hydrogens is 398 g/mol. The number of amidine groups is 1. The van der Waals surface area contributed by atoms with Crippen LogP contribution in [-0.2, 0) is 6.61 Å². The van der Waals surface area contributed by atoms with Gasteiger partial charge in [-0.05, 0) is 53.7 Å². The number of amides is 1. The lowest BCUT2D eigenvalue weighted by molar-refractivity contribution is 0.265. The van der Waals surface area contributed by atoms with Crippen LogP contribution in [0.3, 0.4) is 0 Å². The van der Waals surface area contributed by atoms with Gasteiger partial charge in [0.15, 0.2) is 0 Å². The van der Waals surface area contributed by atoms with Crippen molar-refractivity contribution in [1.82, 2.24) is 10.3 Å². The third kappa shape index (κ3) is 5.07. The SMILES string of the molecule is COc1cccc(N=C2NC(=O)S/C2=C\c2cccc(OCc3cccnc3)c2)c1. The van der Waals surface area contributed by atoms with Crippen LogP contribution in [0.4, 0.5) is 10.5 Å². The van der Waals surface area contributed by atoms with Crippen LogP contribution in [0, 0.1) is 0 Å². The van der Waals surface area contributed by atoms with Gasteiger partial charge in [-0.3, -0.25) is 9.78 Å². The summed E-state index contributed by atoms with van der Waals surface area (Å²) in [5.74, 6) is 1.96. The molecular formula is C23H19N3O3S. The van der Waals surface area contributed by atoms with Crippen molar-refractivity contribution in [2.45, 2.75) is 6.61 Å². The zero-order chi connectivity index (χ0) is 20.8. The Kier molecular flexibility index (Phi) is 6.10.